The number of rotatable bonds is 7. The second-order valence-electron chi connectivity index (χ2n) is 6.94. The van der Waals surface area contributed by atoms with Crippen LogP contribution in [0.4, 0.5) is 4.39 Å². The van der Waals surface area contributed by atoms with Gasteiger partial charge in [0, 0.05) is 35.2 Å². The second kappa shape index (κ2) is 8.59. The normalized spacial score (nSPS) is 11.2. The van der Waals surface area contributed by atoms with E-state index in [9.17, 15) is 4.39 Å². The molecule has 1 N–H and O–H groups in total. The van der Waals surface area contributed by atoms with Crippen LogP contribution in [0.2, 0.25) is 5.02 Å². The van der Waals surface area contributed by atoms with Gasteiger partial charge in [-0.1, -0.05) is 60.1 Å². The first-order chi connectivity index (χ1) is 13.7. The van der Waals surface area contributed by atoms with Crippen molar-refractivity contribution in [1.29, 1.82) is 0 Å². The Kier molecular flexibility index (Phi) is 5.75. The van der Waals surface area contributed by atoms with E-state index in [4.69, 9.17) is 11.6 Å². The maximum Gasteiger partial charge on any atom is 0.126 e. The summed E-state index contributed by atoms with van der Waals surface area (Å²) in [5, 5.41) is 5.45. The summed E-state index contributed by atoms with van der Waals surface area (Å²) in [5.41, 5.74) is 4.42. The van der Waals surface area contributed by atoms with Crippen LogP contribution in [0.15, 0.2) is 79.0 Å². The number of benzene rings is 3. The minimum atomic E-state index is -0.135. The molecule has 2 nitrogen and oxygen atoms in total. The van der Waals surface area contributed by atoms with Crippen LogP contribution in [0.5, 0.6) is 0 Å². The summed E-state index contributed by atoms with van der Waals surface area (Å²) in [7, 11) is 0. The molecule has 1 heterocycles. The van der Waals surface area contributed by atoms with Gasteiger partial charge in [-0.25, -0.2) is 4.39 Å². The summed E-state index contributed by atoms with van der Waals surface area (Å²) >= 11 is 6.00. The molecule has 4 rings (SSSR count). The molecule has 0 bridgehead atoms. The van der Waals surface area contributed by atoms with Crippen molar-refractivity contribution in [3.05, 3.63) is 107 Å². The molecule has 0 aliphatic carbocycles. The molecule has 0 spiro atoms. The van der Waals surface area contributed by atoms with Gasteiger partial charge < -0.3 is 9.88 Å². The first kappa shape index (κ1) is 18.7. The SMILES string of the molecule is Fc1ccccc1CCNCc1cn(Cc2ccc(Cl)cc2)c2ccccc12. The molecule has 0 radical (unpaired) electrons. The van der Waals surface area contributed by atoms with Gasteiger partial charge in [0.15, 0.2) is 0 Å². The molecule has 142 valence electrons. The minimum Gasteiger partial charge on any atom is -0.343 e. The number of halogens is 2. The van der Waals surface area contributed by atoms with E-state index in [0.29, 0.717) is 6.42 Å². The number of fused-ring (bicyclic) bond motifs is 1. The van der Waals surface area contributed by atoms with Crippen molar-refractivity contribution in [2.75, 3.05) is 6.54 Å². The van der Waals surface area contributed by atoms with Gasteiger partial charge in [-0.05, 0) is 53.9 Å². The number of nitrogens with zero attached hydrogens (tertiary/aromatic N) is 1. The summed E-state index contributed by atoms with van der Waals surface area (Å²) in [6, 6.07) is 23.4. The zero-order valence-electron chi connectivity index (χ0n) is 15.5. The Labute approximate surface area is 169 Å². The molecule has 0 saturated carbocycles. The predicted molar refractivity (Wildman–Crippen MR) is 114 cm³/mol. The highest BCUT2D eigenvalue weighted by atomic mass is 35.5. The zero-order valence-corrected chi connectivity index (χ0v) is 16.3. The fraction of sp³-hybridized carbons (Fsp3) is 0.167. The lowest BCUT2D eigenvalue weighted by atomic mass is 10.1. The van der Waals surface area contributed by atoms with Gasteiger partial charge >= 0.3 is 0 Å². The molecule has 3 aromatic carbocycles. The summed E-state index contributed by atoms with van der Waals surface area (Å²) in [6.07, 6.45) is 2.88. The molecular formula is C24H22ClFN2. The van der Waals surface area contributed by atoms with E-state index in [2.05, 4.69) is 52.5 Å². The van der Waals surface area contributed by atoms with E-state index in [-0.39, 0.29) is 5.82 Å². The molecule has 1 aromatic heterocycles. The lowest BCUT2D eigenvalue weighted by Gasteiger charge is -2.06. The molecule has 0 aliphatic rings. The highest BCUT2D eigenvalue weighted by Crippen LogP contribution is 2.23. The smallest absolute Gasteiger partial charge is 0.126 e. The van der Waals surface area contributed by atoms with Gasteiger partial charge in [0.05, 0.1) is 0 Å². The van der Waals surface area contributed by atoms with E-state index in [0.717, 1.165) is 30.2 Å². The number of hydrogen-bond donors (Lipinski definition) is 1. The van der Waals surface area contributed by atoms with Crippen LogP contribution in [0.3, 0.4) is 0 Å². The third kappa shape index (κ3) is 4.27. The fourth-order valence-corrected chi connectivity index (χ4v) is 3.65. The molecule has 28 heavy (non-hydrogen) atoms. The second-order valence-corrected chi connectivity index (χ2v) is 7.38. The van der Waals surface area contributed by atoms with E-state index in [1.165, 1.54) is 28.1 Å². The molecule has 0 fully saturated rings. The van der Waals surface area contributed by atoms with Crippen LogP contribution in [-0.4, -0.2) is 11.1 Å². The van der Waals surface area contributed by atoms with Gasteiger partial charge in [-0.3, -0.25) is 0 Å². The Balaban J connectivity index is 1.46. The highest BCUT2D eigenvalue weighted by Gasteiger charge is 2.09. The monoisotopic (exact) mass is 392 g/mol. The van der Waals surface area contributed by atoms with E-state index in [1.807, 2.05) is 24.3 Å². The molecule has 0 saturated heterocycles. The standard InChI is InChI=1S/C24H22ClFN2/c25-21-11-9-18(10-12-21)16-28-17-20(22-6-2-4-8-24(22)28)15-27-14-13-19-5-1-3-7-23(19)26/h1-12,17,27H,13-16H2. The number of para-hydroxylation sites is 1. The van der Waals surface area contributed by atoms with Crippen LogP contribution in [0.25, 0.3) is 10.9 Å². The topological polar surface area (TPSA) is 17.0 Å². The van der Waals surface area contributed by atoms with Gasteiger partial charge in [-0.2, -0.15) is 0 Å². The average molecular weight is 393 g/mol. The van der Waals surface area contributed by atoms with Crippen molar-refractivity contribution in [2.45, 2.75) is 19.5 Å². The minimum absolute atomic E-state index is 0.135. The quantitative estimate of drug-likeness (QED) is 0.392. The van der Waals surface area contributed by atoms with Crippen molar-refractivity contribution in [3.8, 4) is 0 Å². The van der Waals surface area contributed by atoms with Crippen LogP contribution < -0.4 is 5.32 Å². The lowest BCUT2D eigenvalue weighted by Crippen LogP contribution is -2.17. The van der Waals surface area contributed by atoms with Crippen molar-refractivity contribution in [1.82, 2.24) is 9.88 Å². The first-order valence-electron chi connectivity index (χ1n) is 9.46. The van der Waals surface area contributed by atoms with Gasteiger partial charge in [0.1, 0.15) is 5.82 Å². The maximum atomic E-state index is 13.7. The van der Waals surface area contributed by atoms with Crippen LogP contribution in [0, 0.1) is 5.82 Å². The fourth-order valence-electron chi connectivity index (χ4n) is 3.53. The summed E-state index contributed by atoms with van der Waals surface area (Å²) < 4.78 is 16.0. The summed E-state index contributed by atoms with van der Waals surface area (Å²) in [6.45, 7) is 2.28. The molecular weight excluding hydrogens is 371 g/mol. The molecule has 0 unspecified atom stereocenters. The number of nitrogens with one attached hydrogen (secondary N) is 1. The maximum absolute atomic E-state index is 13.7. The molecule has 0 amide bonds. The van der Waals surface area contributed by atoms with E-state index >= 15 is 0 Å². The van der Waals surface area contributed by atoms with Crippen molar-refractivity contribution >= 4 is 22.5 Å². The zero-order chi connectivity index (χ0) is 19.3. The van der Waals surface area contributed by atoms with Gasteiger partial charge in [-0.15, -0.1) is 0 Å². The highest BCUT2D eigenvalue weighted by molar-refractivity contribution is 6.30. The van der Waals surface area contributed by atoms with Gasteiger partial charge in [0.25, 0.3) is 0 Å². The summed E-state index contributed by atoms with van der Waals surface area (Å²) in [4.78, 5) is 0. The molecule has 4 aromatic rings. The third-order valence-corrected chi connectivity index (χ3v) is 5.23. The lowest BCUT2D eigenvalue weighted by molar-refractivity contribution is 0.598. The van der Waals surface area contributed by atoms with Crippen molar-refractivity contribution < 1.29 is 4.39 Å². The predicted octanol–water partition coefficient (Wildman–Crippen LogP) is 5.81. The average Bonchev–Trinajstić information content (AvgIpc) is 3.06. The third-order valence-electron chi connectivity index (χ3n) is 4.98. The van der Waals surface area contributed by atoms with Crippen LogP contribution >= 0.6 is 11.6 Å². The van der Waals surface area contributed by atoms with Crippen LogP contribution in [0.1, 0.15) is 16.7 Å². The Bertz CT molecular complexity index is 1070. The number of aromatic nitrogens is 1. The first-order valence-corrected chi connectivity index (χ1v) is 9.84. The van der Waals surface area contributed by atoms with E-state index < -0.39 is 0 Å². The Hall–Kier alpha value is -2.62. The Morgan fingerprint density at radius 1 is 0.857 bits per heavy atom. The van der Waals surface area contributed by atoms with Crippen molar-refractivity contribution in [3.63, 3.8) is 0 Å². The molecule has 4 heteroatoms. The van der Waals surface area contributed by atoms with Crippen molar-refractivity contribution in [2.24, 2.45) is 0 Å². The Morgan fingerprint density at radius 2 is 1.61 bits per heavy atom. The summed E-state index contributed by atoms with van der Waals surface area (Å²) in [5.74, 6) is -0.135. The molecule has 0 aliphatic heterocycles. The van der Waals surface area contributed by atoms with E-state index in [1.54, 1.807) is 6.07 Å². The number of hydrogen-bond acceptors (Lipinski definition) is 1. The largest absolute Gasteiger partial charge is 0.343 e. The Morgan fingerprint density at radius 3 is 2.43 bits per heavy atom. The van der Waals surface area contributed by atoms with Gasteiger partial charge in [0.2, 0.25) is 0 Å². The van der Waals surface area contributed by atoms with Crippen LogP contribution in [-0.2, 0) is 19.5 Å². The molecule has 0 atom stereocenters.